The van der Waals surface area contributed by atoms with Gasteiger partial charge in [0, 0.05) is 56.9 Å². The number of piperazine rings is 1. The van der Waals surface area contributed by atoms with Gasteiger partial charge < -0.3 is 9.80 Å². The van der Waals surface area contributed by atoms with Crippen LogP contribution < -0.4 is 5.32 Å². The van der Waals surface area contributed by atoms with Gasteiger partial charge in [-0.15, -0.1) is 0 Å². The number of carbonyl (C=O) groups is 2. The minimum Gasteiger partial charge on any atom is -0.339 e. The SMILES string of the molecule is CCn1ncc2c1CCC[C@@H]2N[C@H](C)C(=O)N1CCN(C(C)=O)CC1. The topological polar surface area (TPSA) is 70.5 Å². The largest absolute Gasteiger partial charge is 0.339 e. The van der Waals surface area contributed by atoms with Crippen molar-refractivity contribution in [3.05, 3.63) is 17.5 Å². The zero-order valence-corrected chi connectivity index (χ0v) is 15.5. The van der Waals surface area contributed by atoms with Gasteiger partial charge in [-0.25, -0.2) is 0 Å². The lowest BCUT2D eigenvalue weighted by molar-refractivity contribution is -0.139. The molecule has 1 fully saturated rings. The van der Waals surface area contributed by atoms with Crippen molar-refractivity contribution in [2.75, 3.05) is 26.2 Å². The number of fused-ring (bicyclic) bond motifs is 1. The molecular weight excluding hydrogens is 318 g/mol. The normalized spacial score (nSPS) is 21.8. The molecule has 1 aliphatic carbocycles. The zero-order valence-electron chi connectivity index (χ0n) is 15.5. The predicted molar refractivity (Wildman–Crippen MR) is 95.0 cm³/mol. The molecule has 2 heterocycles. The van der Waals surface area contributed by atoms with Gasteiger partial charge in [0.2, 0.25) is 11.8 Å². The Labute approximate surface area is 149 Å². The van der Waals surface area contributed by atoms with Crippen molar-refractivity contribution in [3.8, 4) is 0 Å². The fourth-order valence-corrected chi connectivity index (χ4v) is 3.95. The van der Waals surface area contributed by atoms with E-state index >= 15 is 0 Å². The first-order chi connectivity index (χ1) is 12.0. The van der Waals surface area contributed by atoms with E-state index in [9.17, 15) is 9.59 Å². The van der Waals surface area contributed by atoms with Crippen LogP contribution in [0.4, 0.5) is 0 Å². The molecule has 0 spiro atoms. The molecule has 1 aromatic rings. The van der Waals surface area contributed by atoms with Crippen LogP contribution in [-0.4, -0.2) is 63.6 Å². The molecule has 7 heteroatoms. The lowest BCUT2D eigenvalue weighted by Gasteiger charge is -2.36. The fourth-order valence-electron chi connectivity index (χ4n) is 3.95. The lowest BCUT2D eigenvalue weighted by Crippen LogP contribution is -2.54. The summed E-state index contributed by atoms with van der Waals surface area (Å²) in [7, 11) is 0. The summed E-state index contributed by atoms with van der Waals surface area (Å²) in [5.74, 6) is 0.208. The molecule has 1 saturated heterocycles. The highest BCUT2D eigenvalue weighted by Crippen LogP contribution is 2.30. The fraction of sp³-hybridized carbons (Fsp3) is 0.722. The highest BCUT2D eigenvalue weighted by molar-refractivity contribution is 5.82. The predicted octanol–water partition coefficient (Wildman–Crippen LogP) is 0.949. The van der Waals surface area contributed by atoms with Gasteiger partial charge in [-0.1, -0.05) is 0 Å². The van der Waals surface area contributed by atoms with Crippen LogP contribution in [0, 0.1) is 0 Å². The first-order valence-electron chi connectivity index (χ1n) is 9.36. The smallest absolute Gasteiger partial charge is 0.239 e. The molecule has 138 valence electrons. The van der Waals surface area contributed by atoms with Crippen LogP contribution in [0.25, 0.3) is 0 Å². The number of nitrogens with zero attached hydrogens (tertiary/aromatic N) is 4. The van der Waals surface area contributed by atoms with Crippen LogP contribution >= 0.6 is 0 Å². The molecule has 25 heavy (non-hydrogen) atoms. The van der Waals surface area contributed by atoms with Crippen molar-refractivity contribution < 1.29 is 9.59 Å². The standard InChI is InChI=1S/C18H29N5O2/c1-4-23-17-7-5-6-16(15(17)12-19-23)20-13(2)18(25)22-10-8-21(9-11-22)14(3)24/h12-13,16,20H,4-11H2,1-3H3/t13-,16+/m1/s1. The summed E-state index contributed by atoms with van der Waals surface area (Å²) in [5.41, 5.74) is 2.55. The van der Waals surface area contributed by atoms with Crippen molar-refractivity contribution in [2.45, 2.75) is 58.7 Å². The van der Waals surface area contributed by atoms with Crippen LogP contribution in [0.2, 0.25) is 0 Å². The van der Waals surface area contributed by atoms with Gasteiger partial charge in [0.05, 0.1) is 12.2 Å². The number of hydrogen-bond donors (Lipinski definition) is 1. The van der Waals surface area contributed by atoms with Crippen LogP contribution in [-0.2, 0) is 22.6 Å². The molecule has 2 atom stereocenters. The average molecular weight is 347 g/mol. The maximum Gasteiger partial charge on any atom is 0.239 e. The van der Waals surface area contributed by atoms with Gasteiger partial charge in [0.25, 0.3) is 0 Å². The van der Waals surface area contributed by atoms with Gasteiger partial charge in [0.1, 0.15) is 0 Å². The van der Waals surface area contributed by atoms with E-state index in [1.807, 2.05) is 18.0 Å². The summed E-state index contributed by atoms with van der Waals surface area (Å²) >= 11 is 0. The molecule has 0 bridgehead atoms. The third kappa shape index (κ3) is 3.71. The number of aromatic nitrogens is 2. The molecule has 7 nitrogen and oxygen atoms in total. The van der Waals surface area contributed by atoms with E-state index in [1.54, 1.807) is 11.8 Å². The molecule has 1 aliphatic heterocycles. The van der Waals surface area contributed by atoms with Crippen molar-refractivity contribution in [1.29, 1.82) is 0 Å². The van der Waals surface area contributed by atoms with Crippen molar-refractivity contribution >= 4 is 11.8 Å². The number of hydrogen-bond acceptors (Lipinski definition) is 4. The zero-order chi connectivity index (χ0) is 18.0. The van der Waals surface area contributed by atoms with Crippen molar-refractivity contribution in [1.82, 2.24) is 24.9 Å². The molecule has 0 radical (unpaired) electrons. The van der Waals surface area contributed by atoms with Crippen LogP contribution in [0.5, 0.6) is 0 Å². The van der Waals surface area contributed by atoms with E-state index < -0.39 is 0 Å². The van der Waals surface area contributed by atoms with Gasteiger partial charge >= 0.3 is 0 Å². The van der Waals surface area contributed by atoms with E-state index in [2.05, 4.69) is 22.0 Å². The monoisotopic (exact) mass is 347 g/mol. The van der Waals surface area contributed by atoms with Crippen molar-refractivity contribution in [2.24, 2.45) is 0 Å². The number of nitrogens with one attached hydrogen (secondary N) is 1. The van der Waals surface area contributed by atoms with Gasteiger partial charge in [0.15, 0.2) is 0 Å². The summed E-state index contributed by atoms with van der Waals surface area (Å²) in [6.45, 7) is 9.02. The summed E-state index contributed by atoms with van der Waals surface area (Å²) in [6.07, 6.45) is 5.18. The molecular formula is C18H29N5O2. The van der Waals surface area contributed by atoms with E-state index in [0.717, 1.165) is 25.8 Å². The maximum atomic E-state index is 12.8. The maximum absolute atomic E-state index is 12.8. The molecule has 3 rings (SSSR count). The number of carbonyl (C=O) groups excluding carboxylic acids is 2. The Balaban J connectivity index is 1.60. The minimum atomic E-state index is -0.232. The Morgan fingerprint density at radius 3 is 2.60 bits per heavy atom. The second kappa shape index (κ2) is 7.56. The summed E-state index contributed by atoms with van der Waals surface area (Å²) in [5, 5.41) is 8.00. The van der Waals surface area contributed by atoms with Crippen LogP contribution in [0.1, 0.15) is 50.9 Å². The van der Waals surface area contributed by atoms with Crippen LogP contribution in [0.15, 0.2) is 6.20 Å². The number of amides is 2. The third-order valence-electron chi connectivity index (χ3n) is 5.42. The summed E-state index contributed by atoms with van der Waals surface area (Å²) < 4.78 is 2.07. The molecule has 0 aromatic carbocycles. The average Bonchev–Trinajstić information content (AvgIpc) is 3.05. The summed E-state index contributed by atoms with van der Waals surface area (Å²) in [6, 6.07) is -0.0358. The first-order valence-corrected chi connectivity index (χ1v) is 9.36. The Kier molecular flexibility index (Phi) is 5.42. The highest BCUT2D eigenvalue weighted by atomic mass is 16.2. The Morgan fingerprint density at radius 1 is 1.28 bits per heavy atom. The molecule has 1 N–H and O–H groups in total. The Bertz CT molecular complexity index is 633. The number of aryl methyl sites for hydroxylation is 1. The molecule has 2 amide bonds. The van der Waals surface area contributed by atoms with E-state index in [0.29, 0.717) is 26.2 Å². The lowest BCUT2D eigenvalue weighted by atomic mass is 9.92. The highest BCUT2D eigenvalue weighted by Gasteiger charge is 2.30. The van der Waals surface area contributed by atoms with E-state index in [1.165, 1.54) is 11.3 Å². The van der Waals surface area contributed by atoms with E-state index in [4.69, 9.17) is 0 Å². The Hall–Kier alpha value is -1.89. The molecule has 0 unspecified atom stereocenters. The second-order valence-corrected chi connectivity index (χ2v) is 7.03. The van der Waals surface area contributed by atoms with Gasteiger partial charge in [-0.3, -0.25) is 19.6 Å². The van der Waals surface area contributed by atoms with Crippen LogP contribution in [0.3, 0.4) is 0 Å². The Morgan fingerprint density at radius 2 is 1.96 bits per heavy atom. The van der Waals surface area contributed by atoms with Gasteiger partial charge in [-0.2, -0.15) is 5.10 Å². The molecule has 2 aliphatic rings. The second-order valence-electron chi connectivity index (χ2n) is 7.03. The molecule has 1 aromatic heterocycles. The molecule has 0 saturated carbocycles. The first kappa shape index (κ1) is 17.9. The number of rotatable bonds is 4. The van der Waals surface area contributed by atoms with Crippen molar-refractivity contribution in [3.63, 3.8) is 0 Å². The summed E-state index contributed by atoms with van der Waals surface area (Å²) in [4.78, 5) is 27.8. The minimum absolute atomic E-state index is 0.0842. The third-order valence-corrected chi connectivity index (χ3v) is 5.42. The van der Waals surface area contributed by atoms with E-state index in [-0.39, 0.29) is 23.9 Å². The quantitative estimate of drug-likeness (QED) is 0.880. The van der Waals surface area contributed by atoms with Gasteiger partial charge in [-0.05, 0) is 33.1 Å².